The van der Waals surface area contributed by atoms with Crippen LogP contribution in [0.15, 0.2) is 10.7 Å². The van der Waals surface area contributed by atoms with E-state index in [1.165, 1.54) is 23.3 Å². The molecule has 0 fully saturated rings. The standard InChI is InChI=1S/C10H16O/c1-4-6-9-8(3)7-11-10(9)5-2/h7H,4-6H2,1-3H3. The minimum atomic E-state index is 1.02. The maximum Gasteiger partial charge on any atom is 0.106 e. The van der Waals surface area contributed by atoms with E-state index in [0.29, 0.717) is 0 Å². The molecule has 1 aromatic rings. The normalized spacial score (nSPS) is 10.5. The van der Waals surface area contributed by atoms with Crippen LogP contribution >= 0.6 is 0 Å². The van der Waals surface area contributed by atoms with Crippen molar-refractivity contribution in [3.8, 4) is 0 Å². The monoisotopic (exact) mass is 152 g/mol. The third kappa shape index (κ3) is 1.65. The number of furan rings is 1. The van der Waals surface area contributed by atoms with Gasteiger partial charge in [-0.2, -0.15) is 0 Å². The van der Waals surface area contributed by atoms with Crippen molar-refractivity contribution in [1.82, 2.24) is 0 Å². The highest BCUT2D eigenvalue weighted by atomic mass is 16.3. The lowest BCUT2D eigenvalue weighted by Crippen LogP contribution is -1.88. The van der Waals surface area contributed by atoms with Crippen molar-refractivity contribution >= 4 is 0 Å². The summed E-state index contributed by atoms with van der Waals surface area (Å²) >= 11 is 0. The lowest BCUT2D eigenvalue weighted by molar-refractivity contribution is 0.510. The van der Waals surface area contributed by atoms with Gasteiger partial charge in [-0.25, -0.2) is 0 Å². The molecule has 0 aromatic carbocycles. The van der Waals surface area contributed by atoms with Gasteiger partial charge < -0.3 is 4.42 Å². The minimum Gasteiger partial charge on any atom is -0.469 e. The summed E-state index contributed by atoms with van der Waals surface area (Å²) < 4.78 is 5.40. The third-order valence-corrected chi connectivity index (χ3v) is 2.01. The maximum atomic E-state index is 5.40. The zero-order valence-corrected chi connectivity index (χ0v) is 7.61. The first kappa shape index (κ1) is 8.38. The van der Waals surface area contributed by atoms with Crippen molar-refractivity contribution in [2.75, 3.05) is 0 Å². The van der Waals surface area contributed by atoms with Crippen LogP contribution in [0, 0.1) is 6.92 Å². The highest BCUT2D eigenvalue weighted by Gasteiger charge is 2.06. The van der Waals surface area contributed by atoms with E-state index in [1.807, 2.05) is 6.26 Å². The molecule has 1 heterocycles. The molecule has 1 nitrogen and oxygen atoms in total. The van der Waals surface area contributed by atoms with Gasteiger partial charge in [0.25, 0.3) is 0 Å². The fraction of sp³-hybridized carbons (Fsp3) is 0.600. The van der Waals surface area contributed by atoms with Gasteiger partial charge in [0, 0.05) is 6.42 Å². The molecule has 0 spiro atoms. The van der Waals surface area contributed by atoms with E-state index >= 15 is 0 Å². The van der Waals surface area contributed by atoms with E-state index < -0.39 is 0 Å². The number of aryl methyl sites for hydroxylation is 2. The second-order valence-electron chi connectivity index (χ2n) is 2.92. The molecule has 0 N–H and O–H groups in total. The van der Waals surface area contributed by atoms with Gasteiger partial charge >= 0.3 is 0 Å². The van der Waals surface area contributed by atoms with E-state index in [1.54, 1.807) is 0 Å². The average molecular weight is 152 g/mol. The van der Waals surface area contributed by atoms with Gasteiger partial charge in [0.2, 0.25) is 0 Å². The summed E-state index contributed by atoms with van der Waals surface area (Å²) in [4.78, 5) is 0. The summed E-state index contributed by atoms with van der Waals surface area (Å²) in [5.74, 6) is 1.17. The SMILES string of the molecule is CCCc1c(C)coc1CC. The fourth-order valence-electron chi connectivity index (χ4n) is 1.40. The first-order valence-electron chi connectivity index (χ1n) is 4.35. The van der Waals surface area contributed by atoms with E-state index in [0.717, 1.165) is 12.8 Å². The van der Waals surface area contributed by atoms with Gasteiger partial charge in [-0.05, 0) is 24.5 Å². The Morgan fingerprint density at radius 2 is 2.09 bits per heavy atom. The molecule has 1 aromatic heterocycles. The molecule has 0 atom stereocenters. The zero-order chi connectivity index (χ0) is 8.27. The van der Waals surface area contributed by atoms with Crippen LogP contribution < -0.4 is 0 Å². The van der Waals surface area contributed by atoms with E-state index in [2.05, 4.69) is 20.8 Å². The largest absolute Gasteiger partial charge is 0.469 e. The maximum absolute atomic E-state index is 5.40. The Morgan fingerprint density at radius 3 is 2.64 bits per heavy atom. The summed E-state index contributed by atoms with van der Waals surface area (Å²) in [5, 5.41) is 0. The van der Waals surface area contributed by atoms with Crippen LogP contribution in [0.25, 0.3) is 0 Å². The van der Waals surface area contributed by atoms with Crippen LogP contribution in [0.5, 0.6) is 0 Å². The Hall–Kier alpha value is -0.720. The lowest BCUT2D eigenvalue weighted by Gasteiger charge is -1.98. The first-order valence-corrected chi connectivity index (χ1v) is 4.35. The quantitative estimate of drug-likeness (QED) is 0.648. The topological polar surface area (TPSA) is 13.1 Å². The number of hydrogen-bond donors (Lipinski definition) is 0. The van der Waals surface area contributed by atoms with Crippen LogP contribution in [-0.4, -0.2) is 0 Å². The van der Waals surface area contributed by atoms with Crippen molar-refractivity contribution in [3.63, 3.8) is 0 Å². The lowest BCUT2D eigenvalue weighted by atomic mass is 10.1. The second kappa shape index (κ2) is 3.61. The molecule has 0 aliphatic carbocycles. The Kier molecular flexibility index (Phi) is 2.75. The van der Waals surface area contributed by atoms with Crippen molar-refractivity contribution in [1.29, 1.82) is 0 Å². The molecule has 62 valence electrons. The highest BCUT2D eigenvalue weighted by molar-refractivity contribution is 5.26. The molecule has 0 unspecified atom stereocenters. The van der Waals surface area contributed by atoms with Gasteiger partial charge in [0.05, 0.1) is 6.26 Å². The van der Waals surface area contributed by atoms with Crippen LogP contribution in [0.4, 0.5) is 0 Å². The van der Waals surface area contributed by atoms with Gasteiger partial charge in [0.15, 0.2) is 0 Å². The fourth-order valence-corrected chi connectivity index (χ4v) is 1.40. The summed E-state index contributed by atoms with van der Waals surface area (Å²) in [6.45, 7) is 6.46. The molecule has 0 bridgehead atoms. The highest BCUT2D eigenvalue weighted by Crippen LogP contribution is 2.18. The molecule has 1 heteroatoms. The van der Waals surface area contributed by atoms with Gasteiger partial charge in [0.1, 0.15) is 5.76 Å². The molecule has 0 aliphatic rings. The third-order valence-electron chi connectivity index (χ3n) is 2.01. The second-order valence-corrected chi connectivity index (χ2v) is 2.92. The van der Waals surface area contributed by atoms with Crippen molar-refractivity contribution in [2.24, 2.45) is 0 Å². The molecule has 0 saturated carbocycles. The molecule has 0 aliphatic heterocycles. The summed E-state index contributed by atoms with van der Waals surface area (Å²) in [6, 6.07) is 0. The number of hydrogen-bond acceptors (Lipinski definition) is 1. The Morgan fingerprint density at radius 1 is 1.36 bits per heavy atom. The molecule has 0 radical (unpaired) electrons. The van der Waals surface area contributed by atoms with Gasteiger partial charge in [-0.3, -0.25) is 0 Å². The zero-order valence-electron chi connectivity index (χ0n) is 7.61. The molecular formula is C10H16O. The van der Waals surface area contributed by atoms with Gasteiger partial charge in [-0.15, -0.1) is 0 Å². The Labute approximate surface area is 68.4 Å². The smallest absolute Gasteiger partial charge is 0.106 e. The van der Waals surface area contributed by atoms with E-state index in [-0.39, 0.29) is 0 Å². The van der Waals surface area contributed by atoms with Crippen LogP contribution in [0.3, 0.4) is 0 Å². The van der Waals surface area contributed by atoms with E-state index in [9.17, 15) is 0 Å². The molecule has 1 rings (SSSR count). The van der Waals surface area contributed by atoms with Crippen molar-refractivity contribution < 1.29 is 4.42 Å². The Bertz CT molecular complexity index is 223. The van der Waals surface area contributed by atoms with Crippen molar-refractivity contribution in [3.05, 3.63) is 23.2 Å². The molecule has 0 saturated heterocycles. The summed E-state index contributed by atoms with van der Waals surface area (Å²) in [7, 11) is 0. The first-order chi connectivity index (χ1) is 5.29. The van der Waals surface area contributed by atoms with Crippen molar-refractivity contribution in [2.45, 2.75) is 40.0 Å². The predicted octanol–water partition coefficient (Wildman–Crippen LogP) is 3.10. The summed E-state index contributed by atoms with van der Waals surface area (Å²) in [5.41, 5.74) is 2.73. The average Bonchev–Trinajstić information content (AvgIpc) is 2.34. The molecular weight excluding hydrogens is 136 g/mol. The molecule has 0 amide bonds. The van der Waals surface area contributed by atoms with Crippen LogP contribution in [0.2, 0.25) is 0 Å². The molecule has 11 heavy (non-hydrogen) atoms. The summed E-state index contributed by atoms with van der Waals surface area (Å²) in [6.07, 6.45) is 5.24. The van der Waals surface area contributed by atoms with Crippen LogP contribution in [-0.2, 0) is 12.8 Å². The van der Waals surface area contributed by atoms with Gasteiger partial charge in [-0.1, -0.05) is 20.3 Å². The number of rotatable bonds is 3. The van der Waals surface area contributed by atoms with E-state index in [4.69, 9.17) is 4.42 Å². The van der Waals surface area contributed by atoms with Crippen LogP contribution in [0.1, 0.15) is 37.2 Å². The predicted molar refractivity (Wildman–Crippen MR) is 46.8 cm³/mol. The minimum absolute atomic E-state index is 1.02. The Balaban J connectivity index is 2.88.